The van der Waals surface area contributed by atoms with Crippen LogP contribution in [-0.2, 0) is 29.1 Å². The van der Waals surface area contributed by atoms with Crippen molar-refractivity contribution in [3.05, 3.63) is 95.9 Å². The van der Waals surface area contributed by atoms with E-state index >= 15 is 0 Å². The van der Waals surface area contributed by atoms with E-state index in [1.165, 1.54) is 18.2 Å². The maximum atomic E-state index is 13.9. The van der Waals surface area contributed by atoms with Crippen LogP contribution < -0.4 is 0 Å². The molecule has 0 spiro atoms. The molecule has 0 bridgehead atoms. The number of fused-ring (bicyclic) bond motifs is 1. The minimum Gasteiger partial charge on any atom is -0.361 e. The van der Waals surface area contributed by atoms with Gasteiger partial charge in [0.15, 0.2) is 11.6 Å². The van der Waals surface area contributed by atoms with Crippen LogP contribution in [0.15, 0.2) is 79.3 Å². The summed E-state index contributed by atoms with van der Waals surface area (Å²) >= 11 is 0. The highest BCUT2D eigenvalue weighted by Gasteiger charge is 2.35. The van der Waals surface area contributed by atoms with Crippen molar-refractivity contribution in [2.45, 2.75) is 71.0 Å². The minimum atomic E-state index is -4.68. The second-order valence-corrected chi connectivity index (χ2v) is 25.7. The SMILES string of the molecule is C[Si](C)(C)CCOCn1cc(C(=O)c2ccccc2C(F)(F)F)cc1-c1nc2ccc(-c3cccnc3)cc2n1COCC[Si](C)(C)C. The van der Waals surface area contributed by atoms with Gasteiger partial charge in [-0.3, -0.25) is 14.3 Å². The number of rotatable bonds is 14. The predicted octanol–water partition coefficient (Wildman–Crippen LogP) is 9.44. The Kier molecular flexibility index (Phi) is 10.6. The van der Waals surface area contributed by atoms with Gasteiger partial charge in [-0.05, 0) is 48.0 Å². The molecule has 12 heteroatoms. The second-order valence-electron chi connectivity index (χ2n) is 14.5. The fourth-order valence-electron chi connectivity index (χ4n) is 5.25. The second kappa shape index (κ2) is 14.3. The molecule has 5 rings (SSSR count). The van der Waals surface area contributed by atoms with Gasteiger partial charge >= 0.3 is 6.18 Å². The first kappa shape index (κ1) is 35.5. The molecule has 254 valence electrons. The molecule has 0 saturated carbocycles. The average Bonchev–Trinajstić information content (AvgIpc) is 3.61. The van der Waals surface area contributed by atoms with E-state index in [4.69, 9.17) is 14.5 Å². The smallest absolute Gasteiger partial charge is 0.361 e. The zero-order valence-corrected chi connectivity index (χ0v) is 30.4. The summed E-state index contributed by atoms with van der Waals surface area (Å²) in [6.07, 6.45) is 0.413. The number of imidazole rings is 1. The number of carbonyl (C=O) groups excluding carboxylic acids is 1. The zero-order valence-electron chi connectivity index (χ0n) is 28.4. The van der Waals surface area contributed by atoms with Crippen molar-refractivity contribution >= 4 is 33.0 Å². The third kappa shape index (κ3) is 8.78. The summed E-state index contributed by atoms with van der Waals surface area (Å²) in [7, 11) is -2.74. The number of aromatic nitrogens is 4. The van der Waals surface area contributed by atoms with Crippen molar-refractivity contribution in [1.82, 2.24) is 19.1 Å². The summed E-state index contributed by atoms with van der Waals surface area (Å²) in [5, 5.41) is 0. The lowest BCUT2D eigenvalue weighted by Gasteiger charge is -2.17. The molecule has 0 atom stereocenters. The minimum absolute atomic E-state index is 0.106. The summed E-state index contributed by atoms with van der Waals surface area (Å²) in [6.45, 7) is 15.1. The number of ether oxygens (including phenoxy) is 2. The molecule has 0 fully saturated rings. The molecule has 0 saturated heterocycles. The average molecular weight is 693 g/mol. The molecule has 0 aliphatic rings. The first-order chi connectivity index (χ1) is 22.6. The molecule has 3 aromatic heterocycles. The highest BCUT2D eigenvalue weighted by molar-refractivity contribution is 6.76. The van der Waals surface area contributed by atoms with Crippen molar-refractivity contribution in [2.75, 3.05) is 13.2 Å². The number of pyridine rings is 1. The third-order valence-corrected chi connectivity index (χ3v) is 11.5. The van der Waals surface area contributed by atoms with Crippen LogP contribution in [0.3, 0.4) is 0 Å². The van der Waals surface area contributed by atoms with E-state index in [9.17, 15) is 18.0 Å². The molecule has 0 aliphatic heterocycles. The molecular weight excluding hydrogens is 650 g/mol. The predicted molar refractivity (Wildman–Crippen MR) is 189 cm³/mol. The Labute approximate surface area is 281 Å². The van der Waals surface area contributed by atoms with Crippen molar-refractivity contribution < 1.29 is 27.4 Å². The quantitative estimate of drug-likeness (QED) is 0.0659. The fourth-order valence-corrected chi connectivity index (χ4v) is 6.76. The van der Waals surface area contributed by atoms with Crippen LogP contribution >= 0.6 is 0 Å². The Bertz CT molecular complexity index is 1870. The molecule has 2 aromatic carbocycles. The monoisotopic (exact) mass is 692 g/mol. The van der Waals surface area contributed by atoms with Crippen LogP contribution in [0.4, 0.5) is 13.2 Å². The van der Waals surface area contributed by atoms with E-state index in [2.05, 4.69) is 44.3 Å². The summed E-state index contributed by atoms with van der Waals surface area (Å²) in [5.41, 5.74) is 2.72. The first-order valence-electron chi connectivity index (χ1n) is 16.1. The topological polar surface area (TPSA) is 71.2 Å². The van der Waals surface area contributed by atoms with Crippen LogP contribution in [0.5, 0.6) is 0 Å². The zero-order chi connectivity index (χ0) is 34.7. The number of carbonyl (C=O) groups is 1. The first-order valence-corrected chi connectivity index (χ1v) is 23.5. The molecule has 0 amide bonds. The number of halogens is 3. The highest BCUT2D eigenvalue weighted by atomic mass is 28.3. The highest BCUT2D eigenvalue weighted by Crippen LogP contribution is 2.35. The number of hydrogen-bond donors (Lipinski definition) is 0. The van der Waals surface area contributed by atoms with Crippen molar-refractivity contribution in [3.63, 3.8) is 0 Å². The number of hydrogen-bond acceptors (Lipinski definition) is 5. The van der Waals surface area contributed by atoms with Gasteiger partial charge in [0.1, 0.15) is 13.5 Å². The summed E-state index contributed by atoms with van der Waals surface area (Å²) in [5.74, 6) is -0.198. The van der Waals surface area contributed by atoms with Gasteiger partial charge in [0, 0.05) is 64.6 Å². The van der Waals surface area contributed by atoms with Crippen LogP contribution in [-0.4, -0.2) is 54.2 Å². The number of nitrogens with zero attached hydrogens (tertiary/aromatic N) is 4. The van der Waals surface area contributed by atoms with E-state index in [-0.39, 0.29) is 19.0 Å². The Morgan fingerprint density at radius 3 is 2.17 bits per heavy atom. The van der Waals surface area contributed by atoms with E-state index in [0.29, 0.717) is 30.2 Å². The molecule has 0 aliphatic carbocycles. The van der Waals surface area contributed by atoms with Crippen LogP contribution in [0, 0.1) is 0 Å². The van der Waals surface area contributed by atoms with Crippen molar-refractivity contribution in [2.24, 2.45) is 0 Å². The molecule has 7 nitrogen and oxygen atoms in total. The van der Waals surface area contributed by atoms with Gasteiger partial charge in [0.25, 0.3) is 0 Å². The van der Waals surface area contributed by atoms with Crippen molar-refractivity contribution in [3.8, 4) is 22.6 Å². The van der Waals surface area contributed by atoms with Crippen LogP contribution in [0.1, 0.15) is 21.5 Å². The Morgan fingerprint density at radius 2 is 1.52 bits per heavy atom. The number of alkyl halides is 3. The van der Waals surface area contributed by atoms with Gasteiger partial charge < -0.3 is 14.0 Å². The molecule has 5 aromatic rings. The van der Waals surface area contributed by atoms with Gasteiger partial charge in [-0.25, -0.2) is 4.98 Å². The van der Waals surface area contributed by atoms with E-state index in [0.717, 1.165) is 34.8 Å². The largest absolute Gasteiger partial charge is 0.417 e. The Morgan fingerprint density at radius 1 is 0.833 bits per heavy atom. The lowest BCUT2D eigenvalue weighted by Crippen LogP contribution is -2.22. The van der Waals surface area contributed by atoms with Gasteiger partial charge in [-0.1, -0.05) is 69.6 Å². The van der Waals surface area contributed by atoms with E-state index < -0.39 is 39.2 Å². The maximum absolute atomic E-state index is 13.9. The molecule has 0 N–H and O–H groups in total. The van der Waals surface area contributed by atoms with Gasteiger partial charge in [0.05, 0.1) is 22.3 Å². The summed E-state index contributed by atoms with van der Waals surface area (Å²) in [6, 6.07) is 18.2. The maximum Gasteiger partial charge on any atom is 0.417 e. The lowest BCUT2D eigenvalue weighted by molar-refractivity contribution is -0.137. The van der Waals surface area contributed by atoms with Gasteiger partial charge in [-0.15, -0.1) is 0 Å². The molecule has 0 radical (unpaired) electrons. The van der Waals surface area contributed by atoms with Crippen LogP contribution in [0.2, 0.25) is 51.4 Å². The number of ketones is 1. The Hall–Kier alpha value is -3.85. The molecule has 0 unspecified atom stereocenters. The van der Waals surface area contributed by atoms with Gasteiger partial charge in [0.2, 0.25) is 0 Å². The molecule has 3 heterocycles. The standard InChI is InChI=1S/C36H43F3N4O3Si2/c1-47(2,3)18-16-45-24-42-23-28(34(44)29-11-7-8-12-30(29)36(37,38)39)21-33(42)35-41-31-14-13-26(27-10-9-15-40-22-27)20-32(31)43(35)25-46-17-19-48(4,5)6/h7-15,20-23H,16-19,24-25H2,1-6H3. The van der Waals surface area contributed by atoms with Crippen molar-refractivity contribution in [1.29, 1.82) is 0 Å². The van der Waals surface area contributed by atoms with Crippen LogP contribution in [0.25, 0.3) is 33.7 Å². The summed E-state index contributed by atoms with van der Waals surface area (Å²) in [4.78, 5) is 23.0. The third-order valence-electron chi connectivity index (χ3n) is 8.05. The molecule has 48 heavy (non-hydrogen) atoms. The van der Waals surface area contributed by atoms with E-state index in [1.807, 2.05) is 34.9 Å². The Balaban J connectivity index is 1.61. The number of benzene rings is 2. The fraction of sp³-hybridized carbons (Fsp3) is 0.361. The van der Waals surface area contributed by atoms with Gasteiger partial charge in [-0.2, -0.15) is 13.2 Å². The molecular formula is C36H43F3N4O3Si2. The normalized spacial score (nSPS) is 12.6. The van der Waals surface area contributed by atoms with E-state index in [1.54, 1.807) is 29.2 Å². The summed E-state index contributed by atoms with van der Waals surface area (Å²) < 4.78 is 57.8. The lowest BCUT2D eigenvalue weighted by atomic mass is 9.99.